The van der Waals surface area contributed by atoms with Crippen molar-refractivity contribution in [1.29, 1.82) is 0 Å². The highest BCUT2D eigenvalue weighted by molar-refractivity contribution is 5.47. The van der Waals surface area contributed by atoms with Crippen LogP contribution in [0.2, 0.25) is 0 Å². The number of para-hydroxylation sites is 1. The number of alkyl halides is 3. The molecule has 1 rings (SSSR count). The fourth-order valence-corrected chi connectivity index (χ4v) is 1.81. The van der Waals surface area contributed by atoms with Gasteiger partial charge in [0.05, 0.1) is 5.69 Å². The molecule has 0 amide bonds. The van der Waals surface area contributed by atoms with Gasteiger partial charge in [0.2, 0.25) is 0 Å². The molecule has 0 atom stereocenters. The van der Waals surface area contributed by atoms with E-state index in [9.17, 15) is 17.6 Å². The maximum atomic E-state index is 13.6. The summed E-state index contributed by atoms with van der Waals surface area (Å²) in [5, 5.41) is 0. The van der Waals surface area contributed by atoms with Gasteiger partial charge in [-0.05, 0) is 31.5 Å². The van der Waals surface area contributed by atoms with Crippen molar-refractivity contribution in [1.82, 2.24) is 0 Å². The van der Waals surface area contributed by atoms with Gasteiger partial charge in [-0.2, -0.15) is 13.2 Å². The number of nitrogens with zero attached hydrogens (tertiary/aromatic N) is 1. The van der Waals surface area contributed by atoms with Gasteiger partial charge in [-0.3, -0.25) is 0 Å². The van der Waals surface area contributed by atoms with E-state index in [1.807, 2.05) is 0 Å². The number of nitrogens with two attached hydrogens (primary N) is 1. The van der Waals surface area contributed by atoms with Gasteiger partial charge in [-0.15, -0.1) is 0 Å². The summed E-state index contributed by atoms with van der Waals surface area (Å²) in [6.07, 6.45) is -4.47. The maximum absolute atomic E-state index is 13.6. The van der Waals surface area contributed by atoms with E-state index < -0.39 is 18.4 Å². The van der Waals surface area contributed by atoms with Crippen molar-refractivity contribution in [3.8, 4) is 0 Å². The van der Waals surface area contributed by atoms with Crippen LogP contribution in [0.25, 0.3) is 0 Å². The van der Waals surface area contributed by atoms with E-state index in [1.54, 1.807) is 23.1 Å². The minimum absolute atomic E-state index is 0.0532. The van der Waals surface area contributed by atoms with E-state index in [1.165, 1.54) is 6.07 Å². The van der Waals surface area contributed by atoms with Crippen LogP contribution in [0.5, 0.6) is 0 Å². The molecule has 2 nitrogen and oxygen atoms in total. The largest absolute Gasteiger partial charge is 0.389 e. The van der Waals surface area contributed by atoms with Crippen molar-refractivity contribution < 1.29 is 17.6 Å². The molecule has 0 aromatic heterocycles. The predicted molar refractivity (Wildman–Crippen MR) is 67.6 cm³/mol. The zero-order valence-corrected chi connectivity index (χ0v) is 10.6. The molecule has 0 aliphatic rings. The third-order valence-corrected chi connectivity index (χ3v) is 2.71. The topological polar surface area (TPSA) is 29.3 Å². The van der Waals surface area contributed by atoms with Crippen LogP contribution in [-0.4, -0.2) is 25.8 Å². The molecule has 0 aliphatic carbocycles. The van der Waals surface area contributed by atoms with Gasteiger partial charge in [-0.25, -0.2) is 4.39 Å². The van der Waals surface area contributed by atoms with Crippen molar-refractivity contribution in [3.63, 3.8) is 0 Å². The highest BCUT2D eigenvalue weighted by Crippen LogP contribution is 2.24. The zero-order chi connectivity index (χ0) is 14.3. The number of anilines is 1. The Morgan fingerprint density at radius 2 is 1.68 bits per heavy atom. The van der Waals surface area contributed by atoms with E-state index >= 15 is 0 Å². The first kappa shape index (κ1) is 15.8. The first-order chi connectivity index (χ1) is 8.94. The van der Waals surface area contributed by atoms with Crippen LogP contribution < -0.4 is 10.6 Å². The molecule has 0 unspecified atom stereocenters. The predicted octanol–water partition coefficient (Wildman–Crippen LogP) is 3.32. The minimum atomic E-state index is -4.17. The minimum Gasteiger partial charge on any atom is -0.369 e. The molecular weight excluding hydrogens is 260 g/mol. The van der Waals surface area contributed by atoms with Gasteiger partial charge in [0.15, 0.2) is 0 Å². The number of benzene rings is 1. The number of hydrogen-bond acceptors (Lipinski definition) is 2. The molecule has 6 heteroatoms. The second kappa shape index (κ2) is 7.33. The molecule has 0 saturated carbocycles. The maximum Gasteiger partial charge on any atom is 0.389 e. The molecule has 0 fully saturated rings. The second-order valence-corrected chi connectivity index (χ2v) is 4.30. The normalized spacial score (nSPS) is 11.6. The lowest BCUT2D eigenvalue weighted by molar-refractivity contribution is -0.135. The summed E-state index contributed by atoms with van der Waals surface area (Å²) in [5.41, 5.74) is 5.72. The average molecular weight is 278 g/mol. The molecule has 0 heterocycles. The first-order valence-corrected chi connectivity index (χ1v) is 6.20. The van der Waals surface area contributed by atoms with Crippen molar-refractivity contribution in [2.24, 2.45) is 5.73 Å². The van der Waals surface area contributed by atoms with Crippen LogP contribution in [0.1, 0.15) is 19.3 Å². The van der Waals surface area contributed by atoms with E-state index in [2.05, 4.69) is 0 Å². The Hall–Kier alpha value is -1.30. The van der Waals surface area contributed by atoms with Crippen LogP contribution >= 0.6 is 0 Å². The standard InChI is InChI=1S/C13H18F4N2/c14-11-5-1-2-6-12(11)19(10-4-8-18)9-3-7-13(15,16)17/h1-2,5-6H,3-4,7-10,18H2. The summed E-state index contributed by atoms with van der Waals surface area (Å²) < 4.78 is 50.0. The monoisotopic (exact) mass is 278 g/mol. The lowest BCUT2D eigenvalue weighted by atomic mass is 10.2. The van der Waals surface area contributed by atoms with Gasteiger partial charge < -0.3 is 10.6 Å². The Morgan fingerprint density at radius 3 is 2.26 bits per heavy atom. The summed E-state index contributed by atoms with van der Waals surface area (Å²) in [4.78, 5) is 1.62. The number of rotatable bonds is 7. The smallest absolute Gasteiger partial charge is 0.369 e. The molecular formula is C13H18F4N2. The van der Waals surface area contributed by atoms with Crippen LogP contribution in [0.15, 0.2) is 24.3 Å². The van der Waals surface area contributed by atoms with Gasteiger partial charge in [-0.1, -0.05) is 12.1 Å². The average Bonchev–Trinajstić information content (AvgIpc) is 2.33. The lowest BCUT2D eigenvalue weighted by Crippen LogP contribution is -2.29. The summed E-state index contributed by atoms with van der Waals surface area (Å²) in [7, 11) is 0. The van der Waals surface area contributed by atoms with Crippen LogP contribution in [0, 0.1) is 5.82 Å². The molecule has 19 heavy (non-hydrogen) atoms. The van der Waals surface area contributed by atoms with Crippen LogP contribution in [0.3, 0.4) is 0 Å². The third kappa shape index (κ3) is 5.92. The molecule has 1 aromatic rings. The summed E-state index contributed by atoms with van der Waals surface area (Å²) in [6, 6.07) is 6.08. The molecule has 1 aromatic carbocycles. The van der Waals surface area contributed by atoms with Gasteiger partial charge in [0.25, 0.3) is 0 Å². The first-order valence-electron chi connectivity index (χ1n) is 6.20. The third-order valence-electron chi connectivity index (χ3n) is 2.71. The van der Waals surface area contributed by atoms with Crippen molar-refractivity contribution >= 4 is 5.69 Å². The van der Waals surface area contributed by atoms with Gasteiger partial charge in [0.1, 0.15) is 5.82 Å². The van der Waals surface area contributed by atoms with E-state index in [-0.39, 0.29) is 13.0 Å². The van der Waals surface area contributed by atoms with Crippen LogP contribution in [-0.2, 0) is 0 Å². The Morgan fingerprint density at radius 1 is 1.05 bits per heavy atom. The van der Waals surface area contributed by atoms with E-state index in [4.69, 9.17) is 5.73 Å². The summed E-state index contributed by atoms with van der Waals surface area (Å²) in [5.74, 6) is -0.425. The fraction of sp³-hybridized carbons (Fsp3) is 0.538. The molecule has 0 bridgehead atoms. The fourth-order valence-electron chi connectivity index (χ4n) is 1.81. The molecule has 0 spiro atoms. The molecule has 108 valence electrons. The van der Waals surface area contributed by atoms with Crippen molar-refractivity contribution in [2.75, 3.05) is 24.5 Å². The molecule has 0 radical (unpaired) electrons. The SMILES string of the molecule is NCCCN(CCCC(F)(F)F)c1ccccc1F. The van der Waals surface area contributed by atoms with E-state index in [0.29, 0.717) is 25.2 Å². The highest BCUT2D eigenvalue weighted by Gasteiger charge is 2.26. The van der Waals surface area contributed by atoms with E-state index in [0.717, 1.165) is 0 Å². The quantitative estimate of drug-likeness (QED) is 0.775. The molecule has 0 aliphatic heterocycles. The summed E-state index contributed by atoms with van der Waals surface area (Å²) >= 11 is 0. The Balaban J connectivity index is 2.64. The Kier molecular flexibility index (Phi) is 6.08. The van der Waals surface area contributed by atoms with Gasteiger partial charge in [0, 0.05) is 19.5 Å². The van der Waals surface area contributed by atoms with Crippen molar-refractivity contribution in [3.05, 3.63) is 30.1 Å². The number of halogens is 4. The Bertz CT molecular complexity index is 379. The van der Waals surface area contributed by atoms with Crippen LogP contribution in [0.4, 0.5) is 23.2 Å². The number of hydrogen-bond donors (Lipinski definition) is 1. The zero-order valence-electron chi connectivity index (χ0n) is 10.6. The van der Waals surface area contributed by atoms with Crippen molar-refractivity contribution in [2.45, 2.75) is 25.4 Å². The molecule has 2 N–H and O–H groups in total. The highest BCUT2D eigenvalue weighted by atomic mass is 19.4. The lowest BCUT2D eigenvalue weighted by Gasteiger charge is -2.25. The second-order valence-electron chi connectivity index (χ2n) is 4.30. The molecule has 0 saturated heterocycles. The van der Waals surface area contributed by atoms with Gasteiger partial charge >= 0.3 is 6.18 Å². The Labute approximate surface area is 110 Å². The summed E-state index contributed by atoms with van der Waals surface area (Å²) in [6.45, 7) is 1.04.